The van der Waals surface area contributed by atoms with E-state index in [1.54, 1.807) is 7.11 Å². The van der Waals surface area contributed by atoms with Gasteiger partial charge in [0.1, 0.15) is 5.75 Å². The summed E-state index contributed by atoms with van der Waals surface area (Å²) >= 11 is 0. The molecule has 3 atom stereocenters. The van der Waals surface area contributed by atoms with Gasteiger partial charge < -0.3 is 19.9 Å². The van der Waals surface area contributed by atoms with Gasteiger partial charge in [0, 0.05) is 63.2 Å². The van der Waals surface area contributed by atoms with Crippen LogP contribution in [-0.2, 0) is 5.41 Å². The SMILES string of the molecule is COc1ccc(/C=C/CNC2C3CN4CCN(C3)CC2(c2ccccc2)C4)cc1. The monoisotopic (exact) mass is 389 g/mol. The maximum absolute atomic E-state index is 5.25. The Morgan fingerprint density at radius 2 is 1.69 bits per heavy atom. The first kappa shape index (κ1) is 18.9. The van der Waals surface area contributed by atoms with Crippen LogP contribution in [-0.4, -0.2) is 68.8 Å². The predicted molar refractivity (Wildman–Crippen MR) is 118 cm³/mol. The van der Waals surface area contributed by atoms with E-state index < -0.39 is 0 Å². The number of nitrogens with one attached hydrogen (secondary N) is 1. The Kier molecular flexibility index (Phi) is 5.17. The molecule has 0 spiro atoms. The third-order valence-corrected chi connectivity index (χ3v) is 7.03. The fourth-order valence-corrected chi connectivity index (χ4v) is 5.78. The lowest BCUT2D eigenvalue weighted by Gasteiger charge is -2.56. The molecule has 2 aromatic carbocycles. The molecule has 4 heterocycles. The highest BCUT2D eigenvalue weighted by molar-refractivity contribution is 5.50. The van der Waals surface area contributed by atoms with Crippen LogP contribution < -0.4 is 10.1 Å². The summed E-state index contributed by atoms with van der Waals surface area (Å²) in [6.45, 7) is 8.13. The molecule has 0 aliphatic carbocycles. The van der Waals surface area contributed by atoms with Crippen molar-refractivity contribution in [3.63, 3.8) is 0 Å². The van der Waals surface area contributed by atoms with Gasteiger partial charge >= 0.3 is 0 Å². The second kappa shape index (κ2) is 7.94. The maximum atomic E-state index is 5.25. The Bertz CT molecular complexity index is 832. The summed E-state index contributed by atoms with van der Waals surface area (Å²) in [6, 6.07) is 20.0. The first-order chi connectivity index (χ1) is 14.3. The average molecular weight is 390 g/mol. The molecule has 6 rings (SSSR count). The van der Waals surface area contributed by atoms with Gasteiger partial charge in [-0.15, -0.1) is 0 Å². The number of rotatable bonds is 6. The van der Waals surface area contributed by atoms with Crippen molar-refractivity contribution in [2.75, 3.05) is 52.9 Å². The highest BCUT2D eigenvalue weighted by Crippen LogP contribution is 2.43. The molecule has 0 saturated carbocycles. The van der Waals surface area contributed by atoms with Crippen LogP contribution in [0.5, 0.6) is 5.75 Å². The Morgan fingerprint density at radius 1 is 1.00 bits per heavy atom. The molecule has 0 amide bonds. The molecule has 4 nitrogen and oxygen atoms in total. The Morgan fingerprint density at radius 3 is 2.34 bits per heavy atom. The van der Waals surface area contributed by atoms with Crippen molar-refractivity contribution in [1.82, 2.24) is 15.1 Å². The van der Waals surface area contributed by atoms with Gasteiger partial charge in [0.15, 0.2) is 0 Å². The first-order valence-electron chi connectivity index (χ1n) is 10.8. The van der Waals surface area contributed by atoms with E-state index in [1.807, 2.05) is 12.1 Å². The van der Waals surface area contributed by atoms with Crippen LogP contribution in [0.15, 0.2) is 60.7 Å². The fraction of sp³-hybridized carbons (Fsp3) is 0.440. The molecule has 1 N–H and O–H groups in total. The van der Waals surface area contributed by atoms with Crippen LogP contribution in [0.25, 0.3) is 6.08 Å². The standard InChI is InChI=1S/C25H31N3O/c1-29-23-11-9-20(10-12-23)6-5-13-26-24-21-16-27-14-15-28(17-21)19-25(24,18-27)22-7-3-2-4-8-22/h2-12,21,24,26H,13-19H2,1H3/b6-5+. The van der Waals surface area contributed by atoms with Crippen LogP contribution in [0, 0.1) is 5.92 Å². The minimum atomic E-state index is 0.187. The molecule has 4 aliphatic rings. The summed E-state index contributed by atoms with van der Waals surface area (Å²) in [4.78, 5) is 5.41. The van der Waals surface area contributed by atoms with Gasteiger partial charge in [0.2, 0.25) is 0 Å². The summed E-state index contributed by atoms with van der Waals surface area (Å²) in [5, 5.41) is 3.96. The molecule has 4 saturated heterocycles. The maximum Gasteiger partial charge on any atom is 0.118 e. The van der Waals surface area contributed by atoms with E-state index in [2.05, 4.69) is 69.7 Å². The van der Waals surface area contributed by atoms with Gasteiger partial charge in [0.05, 0.1) is 7.11 Å². The van der Waals surface area contributed by atoms with E-state index in [0.717, 1.165) is 12.3 Å². The Balaban J connectivity index is 1.34. The summed E-state index contributed by atoms with van der Waals surface area (Å²) in [6.07, 6.45) is 4.47. The van der Waals surface area contributed by atoms with Crippen LogP contribution in [0.3, 0.4) is 0 Å². The van der Waals surface area contributed by atoms with E-state index in [4.69, 9.17) is 4.74 Å². The second-order valence-corrected chi connectivity index (χ2v) is 8.81. The van der Waals surface area contributed by atoms with Crippen molar-refractivity contribution in [3.8, 4) is 5.75 Å². The number of nitrogens with zero attached hydrogens (tertiary/aromatic N) is 2. The minimum absolute atomic E-state index is 0.187. The van der Waals surface area contributed by atoms with Crippen LogP contribution in [0.1, 0.15) is 11.1 Å². The number of fused-ring (bicyclic) bond motifs is 1. The van der Waals surface area contributed by atoms with E-state index in [-0.39, 0.29) is 5.41 Å². The summed E-state index contributed by atoms with van der Waals surface area (Å²) in [5.41, 5.74) is 2.90. The lowest BCUT2D eigenvalue weighted by molar-refractivity contribution is 0.0199. The van der Waals surface area contributed by atoms with Gasteiger partial charge in [-0.25, -0.2) is 0 Å². The van der Waals surface area contributed by atoms with Gasteiger partial charge in [0.25, 0.3) is 0 Å². The minimum Gasteiger partial charge on any atom is -0.497 e. The molecule has 0 radical (unpaired) electrons. The summed E-state index contributed by atoms with van der Waals surface area (Å²) < 4.78 is 5.25. The fourth-order valence-electron chi connectivity index (χ4n) is 5.78. The quantitative estimate of drug-likeness (QED) is 0.822. The molecule has 4 bridgehead atoms. The topological polar surface area (TPSA) is 27.7 Å². The van der Waals surface area contributed by atoms with Gasteiger partial charge in [-0.3, -0.25) is 0 Å². The van der Waals surface area contributed by atoms with Gasteiger partial charge in [-0.2, -0.15) is 0 Å². The average Bonchev–Trinajstić information content (AvgIpc) is 3.02. The molecular weight excluding hydrogens is 358 g/mol. The summed E-state index contributed by atoms with van der Waals surface area (Å²) in [7, 11) is 1.71. The number of piperidine rings is 2. The van der Waals surface area contributed by atoms with Crippen molar-refractivity contribution in [2.45, 2.75) is 11.5 Å². The molecule has 3 unspecified atom stereocenters. The van der Waals surface area contributed by atoms with Crippen LogP contribution in [0.4, 0.5) is 0 Å². The zero-order valence-electron chi connectivity index (χ0n) is 17.3. The van der Waals surface area contributed by atoms with Crippen LogP contribution in [0.2, 0.25) is 0 Å². The van der Waals surface area contributed by atoms with Crippen molar-refractivity contribution in [1.29, 1.82) is 0 Å². The lowest BCUT2D eigenvalue weighted by atomic mass is 9.64. The second-order valence-electron chi connectivity index (χ2n) is 8.81. The lowest BCUT2D eigenvalue weighted by Crippen LogP contribution is -2.70. The number of benzene rings is 2. The highest BCUT2D eigenvalue weighted by Gasteiger charge is 2.54. The predicted octanol–water partition coefficient (Wildman–Crippen LogP) is 2.87. The molecule has 29 heavy (non-hydrogen) atoms. The molecule has 4 heteroatoms. The normalized spacial score (nSPS) is 33.1. The number of ether oxygens (including phenoxy) is 1. The number of hydrogen-bond donors (Lipinski definition) is 1. The molecular formula is C25H31N3O. The number of hydrogen-bond acceptors (Lipinski definition) is 4. The molecule has 4 aliphatic heterocycles. The number of methoxy groups -OCH3 is 1. The molecule has 0 aromatic heterocycles. The van der Waals surface area contributed by atoms with E-state index >= 15 is 0 Å². The Hall–Kier alpha value is -2.14. The third-order valence-electron chi connectivity index (χ3n) is 7.03. The van der Waals surface area contributed by atoms with Gasteiger partial charge in [-0.1, -0.05) is 54.6 Å². The highest BCUT2D eigenvalue weighted by atomic mass is 16.5. The van der Waals surface area contributed by atoms with E-state index in [9.17, 15) is 0 Å². The smallest absolute Gasteiger partial charge is 0.118 e. The zero-order valence-corrected chi connectivity index (χ0v) is 17.3. The molecule has 2 aromatic rings. The van der Waals surface area contributed by atoms with Crippen molar-refractivity contribution >= 4 is 6.08 Å². The molecule has 152 valence electrons. The largest absolute Gasteiger partial charge is 0.497 e. The van der Waals surface area contributed by atoms with E-state index in [1.165, 1.54) is 50.4 Å². The van der Waals surface area contributed by atoms with Crippen molar-refractivity contribution < 1.29 is 4.74 Å². The van der Waals surface area contributed by atoms with Gasteiger partial charge in [-0.05, 0) is 23.3 Å². The Labute approximate surface area is 174 Å². The summed E-state index contributed by atoms with van der Waals surface area (Å²) in [5.74, 6) is 1.59. The van der Waals surface area contributed by atoms with Crippen molar-refractivity contribution in [2.24, 2.45) is 5.92 Å². The third kappa shape index (κ3) is 3.61. The first-order valence-corrected chi connectivity index (χ1v) is 10.8. The zero-order chi connectivity index (χ0) is 19.7. The molecule has 4 fully saturated rings. The van der Waals surface area contributed by atoms with Crippen molar-refractivity contribution in [3.05, 3.63) is 71.8 Å². The van der Waals surface area contributed by atoms with Crippen LogP contribution >= 0.6 is 0 Å². The van der Waals surface area contributed by atoms with E-state index in [0.29, 0.717) is 12.0 Å².